The lowest BCUT2D eigenvalue weighted by molar-refractivity contribution is -0.149. The maximum atomic E-state index is 11.7. The molecule has 7 nitrogen and oxygen atoms in total. The van der Waals surface area contributed by atoms with E-state index in [4.69, 9.17) is 9.84 Å². The number of rotatable bonds is 4. The number of hydrogen-bond donors (Lipinski definition) is 3. The minimum Gasteiger partial charge on any atom is -0.479 e. The number of carboxylic acids is 1. The second-order valence-electron chi connectivity index (χ2n) is 4.31. The van der Waals surface area contributed by atoms with Crippen molar-refractivity contribution < 1.29 is 19.4 Å². The third kappa shape index (κ3) is 3.41. The van der Waals surface area contributed by atoms with Gasteiger partial charge in [-0.3, -0.25) is 9.59 Å². The zero-order valence-corrected chi connectivity index (χ0v) is 10.1. The Morgan fingerprint density at radius 1 is 1.47 bits per heavy atom. The van der Waals surface area contributed by atoms with Gasteiger partial charge in [-0.15, -0.1) is 0 Å². The Balaban J connectivity index is 1.85. The van der Waals surface area contributed by atoms with Crippen LogP contribution in [0.3, 0.4) is 0 Å². The van der Waals surface area contributed by atoms with E-state index in [9.17, 15) is 14.4 Å². The predicted molar refractivity (Wildman–Crippen MR) is 64.9 cm³/mol. The molecule has 0 bridgehead atoms. The van der Waals surface area contributed by atoms with E-state index < -0.39 is 12.1 Å². The highest BCUT2D eigenvalue weighted by molar-refractivity contribution is 5.93. The molecule has 1 aromatic heterocycles. The molecule has 1 aliphatic rings. The zero-order chi connectivity index (χ0) is 13.8. The highest BCUT2D eigenvalue weighted by atomic mass is 16.5. The van der Waals surface area contributed by atoms with Crippen LogP contribution in [0.2, 0.25) is 0 Å². The van der Waals surface area contributed by atoms with E-state index in [0.717, 1.165) is 0 Å². The number of ether oxygens (including phenoxy) is 1. The van der Waals surface area contributed by atoms with Gasteiger partial charge in [0.15, 0.2) is 6.10 Å². The summed E-state index contributed by atoms with van der Waals surface area (Å²) in [4.78, 5) is 35.9. The van der Waals surface area contributed by atoms with Crippen molar-refractivity contribution in [1.82, 2.24) is 10.3 Å². The minimum atomic E-state index is -0.983. The average Bonchev–Trinajstić information content (AvgIpc) is 2.85. The van der Waals surface area contributed by atoms with Crippen molar-refractivity contribution in [2.45, 2.75) is 25.0 Å². The van der Waals surface area contributed by atoms with Crippen molar-refractivity contribution in [3.05, 3.63) is 34.2 Å². The van der Waals surface area contributed by atoms with Crippen LogP contribution in [0.4, 0.5) is 0 Å². The first-order valence-corrected chi connectivity index (χ1v) is 5.91. The predicted octanol–water partition coefficient (Wildman–Crippen LogP) is -0.263. The molecule has 2 unspecified atom stereocenters. The molecule has 0 aromatic carbocycles. The third-order valence-corrected chi connectivity index (χ3v) is 2.91. The van der Waals surface area contributed by atoms with Gasteiger partial charge in [-0.25, -0.2) is 4.79 Å². The fourth-order valence-electron chi connectivity index (χ4n) is 1.93. The minimum absolute atomic E-state index is 0.232. The van der Waals surface area contributed by atoms with Crippen molar-refractivity contribution in [2.24, 2.45) is 0 Å². The Kier molecular flexibility index (Phi) is 3.96. The quantitative estimate of drug-likeness (QED) is 0.695. The number of H-pyrrole nitrogens is 1. The van der Waals surface area contributed by atoms with Crippen LogP contribution in [0, 0.1) is 0 Å². The molecule has 102 valence electrons. The lowest BCUT2D eigenvalue weighted by Crippen LogP contribution is -2.33. The molecule has 1 amide bonds. The molecule has 0 saturated carbocycles. The van der Waals surface area contributed by atoms with E-state index in [-0.39, 0.29) is 29.7 Å². The first-order chi connectivity index (χ1) is 9.06. The fourth-order valence-corrected chi connectivity index (χ4v) is 1.93. The second kappa shape index (κ2) is 5.66. The van der Waals surface area contributed by atoms with Gasteiger partial charge >= 0.3 is 5.97 Å². The van der Waals surface area contributed by atoms with Crippen molar-refractivity contribution in [2.75, 3.05) is 6.54 Å². The Hall–Kier alpha value is -2.15. The van der Waals surface area contributed by atoms with Gasteiger partial charge in [0.05, 0.1) is 6.10 Å². The Labute approximate surface area is 108 Å². The largest absolute Gasteiger partial charge is 0.479 e. The van der Waals surface area contributed by atoms with Crippen LogP contribution in [0.1, 0.15) is 23.2 Å². The molecule has 1 aromatic rings. The zero-order valence-electron chi connectivity index (χ0n) is 10.1. The number of aromatic nitrogens is 1. The Morgan fingerprint density at radius 2 is 2.26 bits per heavy atom. The first-order valence-electron chi connectivity index (χ1n) is 5.91. The molecular weight excluding hydrogens is 252 g/mol. The van der Waals surface area contributed by atoms with Crippen LogP contribution in [0.5, 0.6) is 0 Å². The fraction of sp³-hybridized carbons (Fsp3) is 0.417. The molecule has 0 spiro atoms. The van der Waals surface area contributed by atoms with Gasteiger partial charge in [-0.2, -0.15) is 0 Å². The van der Waals surface area contributed by atoms with Crippen LogP contribution < -0.4 is 10.9 Å². The number of carbonyl (C=O) groups is 2. The number of aliphatic carboxylic acids is 1. The number of pyridine rings is 1. The molecule has 0 radical (unpaired) electrons. The topological polar surface area (TPSA) is 108 Å². The molecule has 1 fully saturated rings. The summed E-state index contributed by atoms with van der Waals surface area (Å²) >= 11 is 0. The smallest absolute Gasteiger partial charge is 0.332 e. The Bertz CT molecular complexity index is 539. The van der Waals surface area contributed by atoms with Crippen molar-refractivity contribution in [1.29, 1.82) is 0 Å². The van der Waals surface area contributed by atoms with Crippen LogP contribution in [-0.4, -0.2) is 40.7 Å². The summed E-state index contributed by atoms with van der Waals surface area (Å²) in [7, 11) is 0. The summed E-state index contributed by atoms with van der Waals surface area (Å²) in [6.07, 6.45) is 1.34. The maximum absolute atomic E-state index is 11.7. The summed E-state index contributed by atoms with van der Waals surface area (Å²) in [5.41, 5.74) is -0.0905. The van der Waals surface area contributed by atoms with E-state index >= 15 is 0 Å². The summed E-state index contributed by atoms with van der Waals surface area (Å²) in [5, 5.41) is 11.4. The monoisotopic (exact) mass is 266 g/mol. The molecule has 2 atom stereocenters. The number of carboxylic acid groups (broad SMARTS) is 1. The van der Waals surface area contributed by atoms with E-state index in [1.807, 2.05) is 0 Å². The highest BCUT2D eigenvalue weighted by Crippen LogP contribution is 2.19. The summed E-state index contributed by atoms with van der Waals surface area (Å²) in [6, 6.07) is 2.69. The van der Waals surface area contributed by atoms with E-state index in [0.29, 0.717) is 12.8 Å². The lowest BCUT2D eigenvalue weighted by atomic mass is 10.2. The molecule has 2 rings (SSSR count). The number of carbonyl (C=O) groups excluding carboxylic acids is 1. The van der Waals surface area contributed by atoms with Gasteiger partial charge in [0.25, 0.3) is 5.91 Å². The number of nitrogens with one attached hydrogen (secondary N) is 2. The molecule has 3 N–H and O–H groups in total. The SMILES string of the molecule is O=C(NCC1CCC(C(=O)O)O1)c1cc[nH]c(=O)c1. The van der Waals surface area contributed by atoms with Crippen LogP contribution in [0.25, 0.3) is 0 Å². The molecule has 7 heteroatoms. The third-order valence-electron chi connectivity index (χ3n) is 2.91. The van der Waals surface area contributed by atoms with Crippen molar-refractivity contribution in [3.8, 4) is 0 Å². The molecule has 1 saturated heterocycles. The normalized spacial score (nSPS) is 22.1. The van der Waals surface area contributed by atoms with Gasteiger partial charge in [0, 0.05) is 24.4 Å². The van der Waals surface area contributed by atoms with Crippen LogP contribution in [-0.2, 0) is 9.53 Å². The summed E-state index contributed by atoms with van der Waals surface area (Å²) in [5.74, 6) is -1.36. The van der Waals surface area contributed by atoms with Crippen LogP contribution >= 0.6 is 0 Å². The molecule has 19 heavy (non-hydrogen) atoms. The standard InChI is InChI=1S/C12H14N2O5/c15-10-5-7(3-4-13-10)11(16)14-6-8-1-2-9(19-8)12(17)18/h3-5,8-9H,1-2,6H2,(H,13,15)(H,14,16)(H,17,18). The molecule has 2 heterocycles. The molecule has 1 aliphatic heterocycles. The van der Waals surface area contributed by atoms with Gasteiger partial charge in [0.2, 0.25) is 5.56 Å². The van der Waals surface area contributed by atoms with Crippen LogP contribution in [0.15, 0.2) is 23.1 Å². The number of hydrogen-bond acceptors (Lipinski definition) is 4. The highest BCUT2D eigenvalue weighted by Gasteiger charge is 2.30. The number of aromatic amines is 1. The first kappa shape index (κ1) is 13.3. The molecular formula is C12H14N2O5. The summed E-state index contributed by atoms with van der Waals surface area (Å²) in [6.45, 7) is 0.232. The average molecular weight is 266 g/mol. The van der Waals surface area contributed by atoms with Crippen molar-refractivity contribution in [3.63, 3.8) is 0 Å². The number of amides is 1. The maximum Gasteiger partial charge on any atom is 0.332 e. The van der Waals surface area contributed by atoms with Gasteiger partial charge < -0.3 is 20.1 Å². The second-order valence-corrected chi connectivity index (χ2v) is 4.31. The summed E-state index contributed by atoms with van der Waals surface area (Å²) < 4.78 is 5.25. The van der Waals surface area contributed by atoms with E-state index in [2.05, 4.69) is 10.3 Å². The van der Waals surface area contributed by atoms with Crippen molar-refractivity contribution >= 4 is 11.9 Å². The van der Waals surface area contributed by atoms with Gasteiger partial charge in [-0.1, -0.05) is 0 Å². The Morgan fingerprint density at radius 3 is 2.89 bits per heavy atom. The van der Waals surface area contributed by atoms with Gasteiger partial charge in [0.1, 0.15) is 0 Å². The van der Waals surface area contributed by atoms with Gasteiger partial charge in [-0.05, 0) is 18.9 Å². The molecule has 0 aliphatic carbocycles. The lowest BCUT2D eigenvalue weighted by Gasteiger charge is -2.12. The van der Waals surface area contributed by atoms with E-state index in [1.54, 1.807) is 0 Å². The van der Waals surface area contributed by atoms with E-state index in [1.165, 1.54) is 18.3 Å².